The minimum atomic E-state index is -0.336. The van der Waals surface area contributed by atoms with Crippen molar-refractivity contribution in [1.82, 2.24) is 19.2 Å². The van der Waals surface area contributed by atoms with Crippen molar-refractivity contribution in [3.8, 4) is 11.1 Å². The van der Waals surface area contributed by atoms with Gasteiger partial charge < -0.3 is 20.3 Å². The molecule has 4 rings (SSSR count). The molecule has 2 amide bonds. The number of imidazole rings is 1. The summed E-state index contributed by atoms with van der Waals surface area (Å²) >= 11 is 6.55. The molecule has 3 heterocycles. The first-order chi connectivity index (χ1) is 16.3. The standard InChI is InChI=1S/C25H30ClN5O3/c1-4-34-25(33)30-9-5-6-18(14-30)29(3)24(32)22-13-28-23-11-17(12-27)20(15-31(22)23)19-8-7-16(2)10-21(19)26/h7-8,10-11,13,15,18H,4-6,9,12,14,27H2,1-3H3. The van der Waals surface area contributed by atoms with Gasteiger partial charge in [-0.05, 0) is 49.9 Å². The van der Waals surface area contributed by atoms with Crippen LogP contribution in [0, 0.1) is 6.92 Å². The SMILES string of the molecule is CCOC(=O)N1CCCC(N(C)C(=O)c2cnc3cc(CN)c(-c4ccc(C)cc4Cl)cn23)C1. The Bertz CT molecular complexity index is 1220. The van der Waals surface area contributed by atoms with Crippen molar-refractivity contribution in [2.24, 2.45) is 5.73 Å². The van der Waals surface area contributed by atoms with E-state index in [2.05, 4.69) is 4.98 Å². The minimum absolute atomic E-state index is 0.106. The number of likely N-dealkylation sites (N-methyl/N-ethyl adjacent to an activating group) is 1. The largest absolute Gasteiger partial charge is 0.450 e. The molecule has 1 unspecified atom stereocenters. The van der Waals surface area contributed by atoms with E-state index in [1.807, 2.05) is 37.4 Å². The molecule has 1 aliphatic heterocycles. The Hall–Kier alpha value is -3.10. The molecular weight excluding hydrogens is 454 g/mol. The van der Waals surface area contributed by atoms with Gasteiger partial charge in [-0.15, -0.1) is 0 Å². The van der Waals surface area contributed by atoms with Gasteiger partial charge in [-0.2, -0.15) is 0 Å². The van der Waals surface area contributed by atoms with Crippen LogP contribution in [0.4, 0.5) is 4.79 Å². The second kappa shape index (κ2) is 10.0. The van der Waals surface area contributed by atoms with Gasteiger partial charge >= 0.3 is 6.09 Å². The maximum absolute atomic E-state index is 13.5. The van der Waals surface area contributed by atoms with Crippen molar-refractivity contribution in [1.29, 1.82) is 0 Å². The van der Waals surface area contributed by atoms with Crippen LogP contribution in [-0.2, 0) is 11.3 Å². The van der Waals surface area contributed by atoms with Crippen LogP contribution in [0.2, 0.25) is 5.02 Å². The van der Waals surface area contributed by atoms with Crippen molar-refractivity contribution in [2.45, 2.75) is 39.3 Å². The monoisotopic (exact) mass is 483 g/mol. The molecule has 0 bridgehead atoms. The summed E-state index contributed by atoms with van der Waals surface area (Å²) < 4.78 is 6.93. The first kappa shape index (κ1) is 24.0. The van der Waals surface area contributed by atoms with E-state index in [1.54, 1.807) is 34.4 Å². The van der Waals surface area contributed by atoms with E-state index in [1.165, 1.54) is 0 Å². The van der Waals surface area contributed by atoms with Gasteiger partial charge in [0.2, 0.25) is 0 Å². The zero-order chi connectivity index (χ0) is 24.4. The zero-order valence-corrected chi connectivity index (χ0v) is 20.5. The van der Waals surface area contributed by atoms with Crippen LogP contribution in [0.1, 0.15) is 41.4 Å². The summed E-state index contributed by atoms with van der Waals surface area (Å²) in [7, 11) is 1.77. The molecule has 0 saturated carbocycles. The molecular formula is C25H30ClN5O3. The number of rotatable bonds is 5. The van der Waals surface area contributed by atoms with Crippen molar-refractivity contribution in [3.63, 3.8) is 0 Å². The van der Waals surface area contributed by atoms with Crippen molar-refractivity contribution in [2.75, 3.05) is 26.7 Å². The third-order valence-electron chi connectivity index (χ3n) is 6.38. The molecule has 9 heteroatoms. The quantitative estimate of drug-likeness (QED) is 0.589. The van der Waals surface area contributed by atoms with E-state index in [0.717, 1.165) is 35.1 Å². The Kier molecular flexibility index (Phi) is 7.09. The van der Waals surface area contributed by atoms with Crippen LogP contribution in [0.5, 0.6) is 0 Å². The number of likely N-dealkylation sites (tertiary alicyclic amines) is 1. The second-order valence-corrected chi connectivity index (χ2v) is 9.04. The summed E-state index contributed by atoms with van der Waals surface area (Å²) in [6.45, 7) is 5.49. The van der Waals surface area contributed by atoms with Crippen molar-refractivity contribution in [3.05, 3.63) is 58.5 Å². The molecule has 1 aliphatic rings. The highest BCUT2D eigenvalue weighted by atomic mass is 35.5. The Morgan fingerprint density at radius 3 is 2.79 bits per heavy atom. The average Bonchev–Trinajstić information content (AvgIpc) is 3.25. The number of ether oxygens (including phenoxy) is 1. The number of halogens is 1. The molecule has 180 valence electrons. The lowest BCUT2D eigenvalue weighted by Gasteiger charge is -2.36. The van der Waals surface area contributed by atoms with E-state index in [4.69, 9.17) is 22.1 Å². The van der Waals surface area contributed by atoms with Gasteiger partial charge in [0.15, 0.2) is 0 Å². The van der Waals surface area contributed by atoms with Gasteiger partial charge in [-0.25, -0.2) is 9.78 Å². The highest BCUT2D eigenvalue weighted by molar-refractivity contribution is 6.33. The summed E-state index contributed by atoms with van der Waals surface area (Å²) in [6, 6.07) is 7.66. The average molecular weight is 484 g/mol. The van der Waals surface area contributed by atoms with Crippen molar-refractivity contribution < 1.29 is 14.3 Å². The molecule has 34 heavy (non-hydrogen) atoms. The van der Waals surface area contributed by atoms with Gasteiger partial charge in [0, 0.05) is 55.1 Å². The molecule has 1 saturated heterocycles. The number of aromatic nitrogens is 2. The van der Waals surface area contributed by atoms with Crippen molar-refractivity contribution >= 4 is 29.2 Å². The van der Waals surface area contributed by atoms with Crippen LogP contribution >= 0.6 is 11.6 Å². The van der Waals surface area contributed by atoms with Gasteiger partial charge in [0.05, 0.1) is 12.8 Å². The minimum Gasteiger partial charge on any atom is -0.450 e. The molecule has 0 aliphatic carbocycles. The lowest BCUT2D eigenvalue weighted by molar-refractivity contribution is 0.0548. The molecule has 3 aromatic rings. The topological polar surface area (TPSA) is 93.2 Å². The highest BCUT2D eigenvalue weighted by Crippen LogP contribution is 2.32. The van der Waals surface area contributed by atoms with Crippen LogP contribution in [0.15, 0.2) is 36.7 Å². The maximum atomic E-state index is 13.5. The van der Waals surface area contributed by atoms with E-state index < -0.39 is 0 Å². The number of fused-ring (bicyclic) bond motifs is 1. The first-order valence-electron chi connectivity index (χ1n) is 11.5. The van der Waals surface area contributed by atoms with Gasteiger partial charge in [-0.1, -0.05) is 23.7 Å². The van der Waals surface area contributed by atoms with E-state index >= 15 is 0 Å². The maximum Gasteiger partial charge on any atom is 0.409 e. The van der Waals surface area contributed by atoms with E-state index in [-0.39, 0.29) is 18.0 Å². The Morgan fingerprint density at radius 1 is 1.29 bits per heavy atom. The lowest BCUT2D eigenvalue weighted by atomic mass is 10.0. The Morgan fingerprint density at radius 2 is 2.09 bits per heavy atom. The fourth-order valence-electron chi connectivity index (χ4n) is 4.47. The smallest absolute Gasteiger partial charge is 0.409 e. The van der Waals surface area contributed by atoms with E-state index in [0.29, 0.717) is 42.6 Å². The number of hydrogen-bond acceptors (Lipinski definition) is 5. The molecule has 2 aromatic heterocycles. The Balaban J connectivity index is 1.66. The van der Waals surface area contributed by atoms with Gasteiger partial charge in [-0.3, -0.25) is 9.20 Å². The molecule has 0 radical (unpaired) electrons. The normalized spacial score (nSPS) is 16.0. The molecule has 1 fully saturated rings. The second-order valence-electron chi connectivity index (χ2n) is 8.63. The van der Waals surface area contributed by atoms with Crippen LogP contribution in [-0.4, -0.2) is 64.0 Å². The molecule has 1 atom stereocenters. The summed E-state index contributed by atoms with van der Waals surface area (Å²) in [5, 5.41) is 0.625. The number of carbonyl (C=O) groups excluding carboxylic acids is 2. The van der Waals surface area contributed by atoms with Gasteiger partial charge in [0.1, 0.15) is 11.3 Å². The molecule has 0 spiro atoms. The number of benzene rings is 1. The van der Waals surface area contributed by atoms with E-state index in [9.17, 15) is 9.59 Å². The molecule has 2 N–H and O–H groups in total. The molecule has 8 nitrogen and oxygen atoms in total. The van der Waals surface area contributed by atoms with Crippen LogP contribution < -0.4 is 5.73 Å². The summed E-state index contributed by atoms with van der Waals surface area (Å²) in [4.78, 5) is 33.5. The number of aryl methyl sites for hydroxylation is 1. The lowest BCUT2D eigenvalue weighted by Crippen LogP contribution is -2.50. The van der Waals surface area contributed by atoms with Gasteiger partial charge in [0.25, 0.3) is 5.91 Å². The number of nitrogens with two attached hydrogens (primary N) is 1. The third-order valence-corrected chi connectivity index (χ3v) is 6.69. The third kappa shape index (κ3) is 4.60. The number of carbonyl (C=O) groups is 2. The first-order valence-corrected chi connectivity index (χ1v) is 11.9. The predicted octanol–water partition coefficient (Wildman–Crippen LogP) is 4.11. The Labute approximate surface area is 204 Å². The summed E-state index contributed by atoms with van der Waals surface area (Å²) in [5.41, 5.74) is 10.8. The molecule has 1 aromatic carbocycles. The number of hydrogen-bond donors (Lipinski definition) is 1. The van der Waals surface area contributed by atoms with Crippen LogP contribution in [0.3, 0.4) is 0 Å². The number of pyridine rings is 1. The predicted molar refractivity (Wildman–Crippen MR) is 132 cm³/mol. The van der Waals surface area contributed by atoms with Crippen LogP contribution in [0.25, 0.3) is 16.8 Å². The zero-order valence-electron chi connectivity index (χ0n) is 19.8. The highest BCUT2D eigenvalue weighted by Gasteiger charge is 2.30. The number of nitrogens with zero attached hydrogens (tertiary/aromatic N) is 4. The summed E-state index contributed by atoms with van der Waals surface area (Å²) in [6.07, 6.45) is 4.76. The fraction of sp³-hybridized carbons (Fsp3) is 0.400. The number of amides is 2. The number of piperidine rings is 1. The fourth-order valence-corrected chi connectivity index (χ4v) is 4.81. The summed E-state index contributed by atoms with van der Waals surface area (Å²) in [5.74, 6) is -0.162.